The summed E-state index contributed by atoms with van der Waals surface area (Å²) in [6, 6.07) is 28.7. The fourth-order valence-corrected chi connectivity index (χ4v) is 8.24. The van der Waals surface area contributed by atoms with Gasteiger partial charge in [0.1, 0.15) is 0 Å². The first-order chi connectivity index (χ1) is 23.3. The molecule has 4 aromatic carbocycles. The van der Waals surface area contributed by atoms with Crippen molar-refractivity contribution in [3.63, 3.8) is 0 Å². The summed E-state index contributed by atoms with van der Waals surface area (Å²) in [6.07, 6.45) is 1.97. The number of hydrogen-bond donors (Lipinski definition) is 1. The van der Waals surface area contributed by atoms with E-state index >= 15 is 4.79 Å². The standard InChI is InChI=1S/C37H29ClN4O6/c1-48-31-19-22(15-16-30(31)43)32-27-17-18-39-35(46)41(25-12-6-3-7-13-25)36(47)42(39)29(27)21-28-33(44)40(26-14-8-11-24(38)20-26)34(45)37(28,32)23-9-4-2-5-10-23/h2-17,19-20,28-29,32,43H,18,21H2,1H3. The van der Waals surface area contributed by atoms with Crippen LogP contribution in [-0.2, 0) is 21.5 Å². The van der Waals surface area contributed by atoms with E-state index in [1.165, 1.54) is 27.4 Å². The van der Waals surface area contributed by atoms with Gasteiger partial charge >= 0.3 is 11.4 Å². The van der Waals surface area contributed by atoms with Gasteiger partial charge in [-0.1, -0.05) is 78.3 Å². The molecule has 8 rings (SSSR count). The van der Waals surface area contributed by atoms with Crippen LogP contribution in [-0.4, -0.2) is 38.0 Å². The number of amides is 2. The molecule has 11 heteroatoms. The summed E-state index contributed by atoms with van der Waals surface area (Å²) in [5.41, 5.74) is 0.213. The van der Waals surface area contributed by atoms with E-state index in [1.807, 2.05) is 36.4 Å². The lowest BCUT2D eigenvalue weighted by Gasteiger charge is -2.49. The van der Waals surface area contributed by atoms with Crippen LogP contribution < -0.4 is 21.0 Å². The number of phenols is 1. The van der Waals surface area contributed by atoms with Crippen LogP contribution in [0.15, 0.2) is 124 Å². The Labute approximate surface area is 279 Å². The maximum Gasteiger partial charge on any atom is 0.352 e. The summed E-state index contributed by atoms with van der Waals surface area (Å²) < 4.78 is 9.47. The predicted molar refractivity (Wildman–Crippen MR) is 179 cm³/mol. The van der Waals surface area contributed by atoms with Crippen molar-refractivity contribution in [3.05, 3.63) is 152 Å². The maximum absolute atomic E-state index is 15.2. The molecule has 1 aromatic heterocycles. The van der Waals surface area contributed by atoms with Crippen molar-refractivity contribution < 1.29 is 19.4 Å². The Kier molecular flexibility index (Phi) is 6.81. The van der Waals surface area contributed by atoms with Crippen molar-refractivity contribution in [1.82, 2.24) is 13.9 Å². The lowest BCUT2D eigenvalue weighted by Crippen LogP contribution is -2.53. The molecule has 48 heavy (non-hydrogen) atoms. The van der Waals surface area contributed by atoms with Crippen molar-refractivity contribution >= 4 is 29.1 Å². The number of methoxy groups -OCH3 is 1. The van der Waals surface area contributed by atoms with E-state index in [2.05, 4.69) is 0 Å². The SMILES string of the molecule is COc1cc(C2C3=CCn4c(=O)n(-c5ccccc5)c(=O)n4C3CC3C(=O)N(c4cccc(Cl)c4)C(=O)C32c2ccccc2)ccc1O. The summed E-state index contributed by atoms with van der Waals surface area (Å²) in [6.45, 7) is 0.0706. The van der Waals surface area contributed by atoms with Gasteiger partial charge in [0, 0.05) is 10.9 Å². The number of allylic oxidation sites excluding steroid dienone is 2. The second-order valence-electron chi connectivity index (χ2n) is 12.2. The van der Waals surface area contributed by atoms with Gasteiger partial charge < -0.3 is 9.84 Å². The number of carbonyl (C=O) groups excluding carboxylic acids is 2. The molecule has 1 aliphatic carbocycles. The van der Waals surface area contributed by atoms with E-state index in [0.717, 1.165) is 4.57 Å². The molecule has 3 aliphatic rings. The van der Waals surface area contributed by atoms with Crippen LogP contribution in [0.3, 0.4) is 0 Å². The Morgan fingerprint density at radius 3 is 2.25 bits per heavy atom. The van der Waals surface area contributed by atoms with Gasteiger partial charge in [-0.2, -0.15) is 0 Å². The molecule has 2 amide bonds. The van der Waals surface area contributed by atoms with Crippen LogP contribution in [0.1, 0.15) is 29.5 Å². The fraction of sp³-hybridized carbons (Fsp3) is 0.189. The first-order valence-electron chi connectivity index (χ1n) is 15.5. The Hall–Kier alpha value is -5.61. The Morgan fingerprint density at radius 1 is 0.833 bits per heavy atom. The summed E-state index contributed by atoms with van der Waals surface area (Å²) in [5, 5.41) is 11.0. The van der Waals surface area contributed by atoms with Crippen LogP contribution >= 0.6 is 11.6 Å². The third kappa shape index (κ3) is 4.05. The molecule has 0 bridgehead atoms. The number of aromatic nitrogens is 3. The quantitative estimate of drug-likeness (QED) is 0.210. The third-order valence-electron chi connectivity index (χ3n) is 9.98. The normalized spacial score (nSPS) is 22.9. The van der Waals surface area contributed by atoms with E-state index in [4.69, 9.17) is 16.3 Å². The summed E-state index contributed by atoms with van der Waals surface area (Å²) in [4.78, 5) is 59.2. The summed E-state index contributed by atoms with van der Waals surface area (Å²) in [5.74, 6) is -2.51. The van der Waals surface area contributed by atoms with Crippen molar-refractivity contribution in [3.8, 4) is 17.2 Å². The number of phenolic OH excluding ortho intramolecular Hbond substituents is 1. The van der Waals surface area contributed by atoms with Crippen molar-refractivity contribution in [1.29, 1.82) is 0 Å². The minimum absolute atomic E-state index is 0.0706. The number of ether oxygens (including phenoxy) is 1. The van der Waals surface area contributed by atoms with Gasteiger partial charge in [0.2, 0.25) is 11.8 Å². The molecule has 2 aliphatic heterocycles. The van der Waals surface area contributed by atoms with Crippen LogP contribution in [0.5, 0.6) is 11.5 Å². The maximum atomic E-state index is 15.2. The summed E-state index contributed by atoms with van der Waals surface area (Å²) >= 11 is 6.37. The van der Waals surface area contributed by atoms with E-state index in [-0.39, 0.29) is 24.5 Å². The zero-order valence-corrected chi connectivity index (χ0v) is 26.4. The second kappa shape index (κ2) is 11.0. The van der Waals surface area contributed by atoms with Crippen LogP contribution in [0.4, 0.5) is 5.69 Å². The Balaban J connectivity index is 1.42. The molecular weight excluding hydrogens is 632 g/mol. The molecule has 4 atom stereocenters. The van der Waals surface area contributed by atoms with Gasteiger partial charge in [-0.15, -0.1) is 0 Å². The molecule has 0 radical (unpaired) electrons. The van der Waals surface area contributed by atoms with E-state index in [9.17, 15) is 19.5 Å². The van der Waals surface area contributed by atoms with Gasteiger partial charge in [0.15, 0.2) is 11.5 Å². The number of fused-ring (bicyclic) bond motifs is 4. The number of halogens is 1. The second-order valence-corrected chi connectivity index (χ2v) is 12.7. The largest absolute Gasteiger partial charge is 0.504 e. The summed E-state index contributed by atoms with van der Waals surface area (Å²) in [7, 11) is 1.44. The highest BCUT2D eigenvalue weighted by atomic mass is 35.5. The topological polar surface area (TPSA) is 116 Å². The smallest absolute Gasteiger partial charge is 0.352 e. The molecule has 3 heterocycles. The third-order valence-corrected chi connectivity index (χ3v) is 10.2. The molecule has 10 nitrogen and oxygen atoms in total. The molecule has 1 saturated heterocycles. The van der Waals surface area contributed by atoms with Gasteiger partial charge in [0.05, 0.1) is 42.4 Å². The monoisotopic (exact) mass is 660 g/mol. The molecule has 4 unspecified atom stereocenters. The predicted octanol–water partition coefficient (Wildman–Crippen LogP) is 4.96. The molecular formula is C37H29ClN4O6. The number of carbonyl (C=O) groups is 2. The molecule has 0 spiro atoms. The van der Waals surface area contributed by atoms with E-state index in [1.54, 1.807) is 66.7 Å². The lowest BCUT2D eigenvalue weighted by molar-refractivity contribution is -0.124. The van der Waals surface area contributed by atoms with Gasteiger partial charge in [0.25, 0.3) is 0 Å². The zero-order chi connectivity index (χ0) is 33.3. The molecule has 2 fully saturated rings. The zero-order valence-electron chi connectivity index (χ0n) is 25.7. The van der Waals surface area contributed by atoms with Crippen LogP contribution in [0.2, 0.25) is 5.02 Å². The average molecular weight is 661 g/mol. The van der Waals surface area contributed by atoms with E-state index in [0.29, 0.717) is 33.1 Å². The van der Waals surface area contributed by atoms with Crippen molar-refractivity contribution in [2.45, 2.75) is 30.3 Å². The van der Waals surface area contributed by atoms with Gasteiger partial charge in [-0.3, -0.25) is 9.59 Å². The highest BCUT2D eigenvalue weighted by Gasteiger charge is 2.68. The minimum atomic E-state index is -1.46. The first-order valence-corrected chi connectivity index (χ1v) is 15.9. The number of imide groups is 1. The van der Waals surface area contributed by atoms with Crippen molar-refractivity contribution in [2.75, 3.05) is 12.0 Å². The molecule has 1 N–H and O–H groups in total. The lowest BCUT2D eigenvalue weighted by atomic mass is 9.53. The number of aromatic hydroxyl groups is 1. The number of rotatable bonds is 5. The highest BCUT2D eigenvalue weighted by Crippen LogP contribution is 2.62. The number of benzene rings is 4. The van der Waals surface area contributed by atoms with E-state index < -0.39 is 46.5 Å². The molecule has 1 saturated carbocycles. The first kappa shape index (κ1) is 29.8. The average Bonchev–Trinajstić information content (AvgIpc) is 3.50. The van der Waals surface area contributed by atoms with Crippen LogP contribution in [0.25, 0.3) is 5.69 Å². The number of hydrogen-bond acceptors (Lipinski definition) is 6. The number of para-hydroxylation sites is 1. The van der Waals surface area contributed by atoms with Gasteiger partial charge in [-0.25, -0.2) is 28.4 Å². The fourth-order valence-electron chi connectivity index (χ4n) is 8.05. The Bertz CT molecular complexity index is 2270. The highest BCUT2D eigenvalue weighted by molar-refractivity contribution is 6.32. The van der Waals surface area contributed by atoms with Crippen molar-refractivity contribution in [2.24, 2.45) is 5.92 Å². The number of anilines is 1. The van der Waals surface area contributed by atoms with Crippen LogP contribution in [0, 0.1) is 5.92 Å². The molecule has 5 aromatic rings. The number of nitrogens with zero attached hydrogens (tertiary/aromatic N) is 4. The van der Waals surface area contributed by atoms with Gasteiger partial charge in [-0.05, 0) is 65.6 Å². The Morgan fingerprint density at radius 2 is 1.54 bits per heavy atom. The minimum Gasteiger partial charge on any atom is -0.504 e. The molecule has 240 valence electrons.